The smallest absolute Gasteiger partial charge is 0.229 e. The monoisotopic (exact) mass is 278 g/mol. The second-order valence-corrected chi connectivity index (χ2v) is 4.71. The summed E-state index contributed by atoms with van der Waals surface area (Å²) in [6.07, 6.45) is -0.368. The first kappa shape index (κ1) is 16.0. The summed E-state index contributed by atoms with van der Waals surface area (Å²) in [5, 5.41) is 15.0. The lowest BCUT2D eigenvalue weighted by molar-refractivity contribution is -0.122. The van der Waals surface area contributed by atoms with Crippen LogP contribution in [0.25, 0.3) is 0 Å². The summed E-state index contributed by atoms with van der Waals surface area (Å²) in [7, 11) is 0. The van der Waals surface area contributed by atoms with E-state index in [1.54, 1.807) is 38.1 Å². The van der Waals surface area contributed by atoms with Gasteiger partial charge in [0, 0.05) is 5.92 Å². The van der Waals surface area contributed by atoms with E-state index in [0.717, 1.165) is 5.56 Å². The molecule has 0 spiro atoms. The fourth-order valence-electron chi connectivity index (χ4n) is 1.53. The molecule has 1 aromatic rings. The molecule has 0 saturated heterocycles. The van der Waals surface area contributed by atoms with Crippen LogP contribution in [0, 0.1) is 5.92 Å². The van der Waals surface area contributed by atoms with E-state index in [9.17, 15) is 9.90 Å². The minimum Gasteiger partial charge on any atom is -0.508 e. The number of nitrogens with one attached hydrogen (secondary N) is 2. The third-order valence-electron chi connectivity index (χ3n) is 2.65. The third-order valence-corrected chi connectivity index (χ3v) is 2.65. The van der Waals surface area contributed by atoms with Crippen molar-refractivity contribution in [3.8, 4) is 5.75 Å². The van der Waals surface area contributed by atoms with Crippen molar-refractivity contribution in [1.82, 2.24) is 10.6 Å². The molecular weight excluding hydrogens is 256 g/mol. The van der Waals surface area contributed by atoms with Crippen LogP contribution in [-0.2, 0) is 4.79 Å². The zero-order valence-corrected chi connectivity index (χ0v) is 12.1. The molecule has 5 N–H and O–H groups in total. The first-order chi connectivity index (χ1) is 9.43. The molecule has 1 atom stereocenters. The van der Waals surface area contributed by atoms with Crippen molar-refractivity contribution in [2.75, 3.05) is 6.54 Å². The number of nitrogens with zero attached hydrogens (tertiary/aromatic N) is 1. The summed E-state index contributed by atoms with van der Waals surface area (Å²) >= 11 is 0. The molecule has 0 aliphatic carbocycles. The second kappa shape index (κ2) is 7.49. The van der Waals surface area contributed by atoms with Crippen LogP contribution in [0.1, 0.15) is 32.5 Å². The highest BCUT2D eigenvalue weighted by Gasteiger charge is 2.12. The largest absolute Gasteiger partial charge is 0.508 e. The van der Waals surface area contributed by atoms with Crippen LogP contribution in [0.5, 0.6) is 5.75 Å². The maximum atomic E-state index is 11.5. The van der Waals surface area contributed by atoms with Gasteiger partial charge in [-0.25, -0.2) is 4.99 Å². The van der Waals surface area contributed by atoms with Crippen LogP contribution in [0.4, 0.5) is 0 Å². The quantitative estimate of drug-likeness (QED) is 0.478. The van der Waals surface area contributed by atoms with Gasteiger partial charge in [-0.1, -0.05) is 32.9 Å². The summed E-state index contributed by atoms with van der Waals surface area (Å²) in [6, 6.07) is 6.67. The Balaban J connectivity index is 2.85. The Bertz CT molecular complexity index is 469. The topological polar surface area (TPSA) is 99.7 Å². The number of phenols is 1. The third kappa shape index (κ3) is 4.89. The molecule has 0 aromatic heterocycles. The molecule has 1 rings (SSSR count). The fourth-order valence-corrected chi connectivity index (χ4v) is 1.53. The predicted octanol–water partition coefficient (Wildman–Crippen LogP) is 1.09. The number of phenolic OH excluding ortho intramolecular Hbond substituents is 1. The molecule has 1 aromatic carbocycles. The van der Waals surface area contributed by atoms with Crippen LogP contribution in [0.15, 0.2) is 29.3 Å². The van der Waals surface area contributed by atoms with E-state index >= 15 is 0 Å². The molecule has 0 fully saturated rings. The van der Waals surface area contributed by atoms with Gasteiger partial charge >= 0.3 is 0 Å². The molecule has 1 amide bonds. The van der Waals surface area contributed by atoms with Gasteiger partial charge in [0.1, 0.15) is 11.9 Å². The Morgan fingerprint density at radius 3 is 2.45 bits per heavy atom. The average Bonchev–Trinajstić information content (AvgIpc) is 2.39. The Morgan fingerprint density at radius 2 is 1.95 bits per heavy atom. The normalized spacial score (nSPS) is 13.3. The molecule has 0 aliphatic rings. The first-order valence-corrected chi connectivity index (χ1v) is 6.60. The van der Waals surface area contributed by atoms with Gasteiger partial charge in [0.25, 0.3) is 0 Å². The van der Waals surface area contributed by atoms with Crippen molar-refractivity contribution in [1.29, 1.82) is 0 Å². The van der Waals surface area contributed by atoms with E-state index in [4.69, 9.17) is 5.73 Å². The minimum absolute atomic E-state index is 0.0720. The van der Waals surface area contributed by atoms with E-state index in [-0.39, 0.29) is 29.7 Å². The van der Waals surface area contributed by atoms with Crippen molar-refractivity contribution in [3.63, 3.8) is 0 Å². The molecule has 6 nitrogen and oxygen atoms in total. The molecule has 110 valence electrons. The van der Waals surface area contributed by atoms with Crippen molar-refractivity contribution in [3.05, 3.63) is 29.8 Å². The summed E-state index contributed by atoms with van der Waals surface area (Å²) in [5.41, 5.74) is 6.59. The number of carbonyl (C=O) groups excluding carboxylic acids is 1. The van der Waals surface area contributed by atoms with E-state index in [1.807, 2.05) is 6.92 Å². The molecule has 0 saturated carbocycles. The first-order valence-electron chi connectivity index (χ1n) is 6.60. The molecule has 6 heteroatoms. The Labute approximate surface area is 119 Å². The lowest BCUT2D eigenvalue weighted by Gasteiger charge is -2.15. The number of aromatic hydroxyl groups is 1. The molecule has 0 radical (unpaired) electrons. The Hall–Kier alpha value is -2.08. The zero-order valence-electron chi connectivity index (χ0n) is 12.1. The van der Waals surface area contributed by atoms with Gasteiger partial charge in [-0.3, -0.25) is 15.4 Å². The van der Waals surface area contributed by atoms with Crippen LogP contribution in [-0.4, -0.2) is 23.5 Å². The highest BCUT2D eigenvalue weighted by molar-refractivity contribution is 5.96. The highest BCUT2D eigenvalue weighted by Crippen LogP contribution is 2.17. The summed E-state index contributed by atoms with van der Waals surface area (Å²) in [5.74, 6) is -0.0704. The molecular formula is C14H22N4O2. The average molecular weight is 278 g/mol. The number of benzene rings is 1. The number of nitrogens with two attached hydrogens (primary N) is 1. The van der Waals surface area contributed by atoms with Crippen LogP contribution >= 0.6 is 0 Å². The molecule has 20 heavy (non-hydrogen) atoms. The van der Waals surface area contributed by atoms with Crippen LogP contribution < -0.4 is 16.4 Å². The fraction of sp³-hybridized carbons (Fsp3) is 0.429. The standard InChI is InChI=1S/C14H22N4O2/c1-4-16-12(10-5-7-11(19)8-6-10)17-14(15)18-13(20)9(2)3/h5-9,12,16,19H,4H2,1-3H3,(H3,15,17,18,20). The summed E-state index contributed by atoms with van der Waals surface area (Å²) in [4.78, 5) is 15.8. The van der Waals surface area contributed by atoms with E-state index < -0.39 is 0 Å². The minimum atomic E-state index is -0.368. The van der Waals surface area contributed by atoms with E-state index in [2.05, 4.69) is 15.6 Å². The molecule has 0 bridgehead atoms. The van der Waals surface area contributed by atoms with Crippen LogP contribution in [0.2, 0.25) is 0 Å². The molecule has 1 unspecified atom stereocenters. The maximum absolute atomic E-state index is 11.5. The number of hydrogen-bond donors (Lipinski definition) is 4. The lowest BCUT2D eigenvalue weighted by atomic mass is 10.1. The number of rotatable bonds is 5. The number of carbonyl (C=O) groups is 1. The van der Waals surface area contributed by atoms with Gasteiger partial charge < -0.3 is 10.8 Å². The SMILES string of the molecule is CCNC(N=C(N)NC(=O)C(C)C)c1ccc(O)cc1. The number of hydrogen-bond acceptors (Lipinski definition) is 4. The Morgan fingerprint density at radius 1 is 1.35 bits per heavy atom. The summed E-state index contributed by atoms with van der Waals surface area (Å²) in [6.45, 7) is 6.21. The van der Waals surface area contributed by atoms with E-state index in [1.165, 1.54) is 0 Å². The van der Waals surface area contributed by atoms with Gasteiger partial charge in [0.05, 0.1) is 0 Å². The Kier molecular flexibility index (Phi) is 5.99. The molecule has 0 heterocycles. The highest BCUT2D eigenvalue weighted by atomic mass is 16.3. The second-order valence-electron chi connectivity index (χ2n) is 4.71. The number of amides is 1. The van der Waals surface area contributed by atoms with Crippen molar-refractivity contribution in [2.45, 2.75) is 26.9 Å². The van der Waals surface area contributed by atoms with Gasteiger partial charge in [0.15, 0.2) is 5.96 Å². The van der Waals surface area contributed by atoms with Gasteiger partial charge in [-0.05, 0) is 24.2 Å². The van der Waals surface area contributed by atoms with Crippen molar-refractivity contribution < 1.29 is 9.90 Å². The van der Waals surface area contributed by atoms with Gasteiger partial charge in [-0.2, -0.15) is 0 Å². The predicted molar refractivity (Wildman–Crippen MR) is 79.1 cm³/mol. The van der Waals surface area contributed by atoms with Crippen molar-refractivity contribution >= 4 is 11.9 Å². The van der Waals surface area contributed by atoms with Gasteiger partial charge in [0.2, 0.25) is 5.91 Å². The lowest BCUT2D eigenvalue weighted by Crippen LogP contribution is -2.40. The van der Waals surface area contributed by atoms with Crippen LogP contribution in [0.3, 0.4) is 0 Å². The summed E-state index contributed by atoms with van der Waals surface area (Å²) < 4.78 is 0. The molecule has 0 aliphatic heterocycles. The van der Waals surface area contributed by atoms with E-state index in [0.29, 0.717) is 6.54 Å². The maximum Gasteiger partial charge on any atom is 0.229 e. The number of aliphatic imine (C=N–C) groups is 1. The number of guanidine groups is 1. The zero-order chi connectivity index (χ0) is 15.1. The van der Waals surface area contributed by atoms with Gasteiger partial charge in [-0.15, -0.1) is 0 Å². The van der Waals surface area contributed by atoms with Crippen molar-refractivity contribution in [2.24, 2.45) is 16.6 Å².